The van der Waals surface area contributed by atoms with Gasteiger partial charge in [-0.05, 0) is 36.2 Å². The number of rotatable bonds is 8. The van der Waals surface area contributed by atoms with Gasteiger partial charge in [0.1, 0.15) is 12.4 Å². The van der Waals surface area contributed by atoms with E-state index in [-0.39, 0.29) is 6.54 Å². The summed E-state index contributed by atoms with van der Waals surface area (Å²) in [5.41, 5.74) is 1.85. The van der Waals surface area contributed by atoms with Crippen molar-refractivity contribution in [3.8, 4) is 0 Å². The summed E-state index contributed by atoms with van der Waals surface area (Å²) in [6.45, 7) is 4.10. The quantitative estimate of drug-likeness (QED) is 0.361. The lowest BCUT2D eigenvalue weighted by molar-refractivity contribution is 0.181. The van der Waals surface area contributed by atoms with E-state index in [0.29, 0.717) is 34.7 Å². The third-order valence-corrected chi connectivity index (χ3v) is 4.89. The molecule has 2 aromatic carbocycles. The highest BCUT2D eigenvalue weighted by atomic mass is 35.5. The Morgan fingerprint density at radius 3 is 2.57 bits per heavy atom. The highest BCUT2D eigenvalue weighted by Crippen LogP contribution is 2.23. The minimum atomic E-state index is -0.773. The second-order valence-electron chi connectivity index (χ2n) is 6.75. The van der Waals surface area contributed by atoms with E-state index in [1.165, 1.54) is 5.56 Å². The van der Waals surface area contributed by atoms with Gasteiger partial charge in [0.15, 0.2) is 5.96 Å². The van der Waals surface area contributed by atoms with Gasteiger partial charge in [0.2, 0.25) is 0 Å². The average molecular weight is 446 g/mol. The molecule has 0 bridgehead atoms. The molecule has 1 aromatic heterocycles. The minimum Gasteiger partial charge on any atom is -0.387 e. The van der Waals surface area contributed by atoms with Crippen LogP contribution in [0.4, 0.5) is 0 Å². The second-order valence-corrected chi connectivity index (χ2v) is 7.62. The van der Waals surface area contributed by atoms with Crippen LogP contribution in [0.25, 0.3) is 0 Å². The summed E-state index contributed by atoms with van der Waals surface area (Å²) < 4.78 is 2.07. The zero-order chi connectivity index (χ0) is 21.3. The van der Waals surface area contributed by atoms with Gasteiger partial charge in [-0.3, -0.25) is 0 Å². The Morgan fingerprint density at radius 1 is 1.13 bits per heavy atom. The maximum absolute atomic E-state index is 10.5. The lowest BCUT2D eigenvalue weighted by atomic mass is 10.1. The number of guanidine groups is 1. The first-order valence-corrected chi connectivity index (χ1v) is 10.5. The van der Waals surface area contributed by atoms with Crippen molar-refractivity contribution in [2.75, 3.05) is 13.1 Å². The van der Waals surface area contributed by atoms with E-state index >= 15 is 0 Å². The van der Waals surface area contributed by atoms with Crippen LogP contribution in [-0.4, -0.2) is 33.7 Å². The molecule has 1 heterocycles. The number of aromatic nitrogens is 2. The van der Waals surface area contributed by atoms with Gasteiger partial charge in [0, 0.05) is 42.1 Å². The Hall–Kier alpha value is -2.54. The average Bonchev–Trinajstić information content (AvgIpc) is 3.16. The van der Waals surface area contributed by atoms with E-state index in [0.717, 1.165) is 12.4 Å². The Labute approximate surface area is 186 Å². The van der Waals surface area contributed by atoms with Gasteiger partial charge in [-0.2, -0.15) is 0 Å². The Bertz CT molecular complexity index is 954. The smallest absolute Gasteiger partial charge is 0.191 e. The molecule has 0 radical (unpaired) electrons. The summed E-state index contributed by atoms with van der Waals surface area (Å²) in [4.78, 5) is 9.04. The zero-order valence-corrected chi connectivity index (χ0v) is 18.2. The first-order chi connectivity index (χ1) is 14.5. The van der Waals surface area contributed by atoms with Crippen LogP contribution in [0.3, 0.4) is 0 Å². The van der Waals surface area contributed by atoms with Crippen LogP contribution < -0.4 is 10.6 Å². The highest BCUT2D eigenvalue weighted by Gasteiger charge is 2.11. The molecule has 6 nitrogen and oxygen atoms in total. The number of aliphatic imine (C=N–C) groups is 1. The van der Waals surface area contributed by atoms with Crippen LogP contribution in [0.2, 0.25) is 10.0 Å². The third-order valence-electron chi connectivity index (χ3n) is 4.45. The van der Waals surface area contributed by atoms with Crippen molar-refractivity contribution in [1.29, 1.82) is 0 Å². The highest BCUT2D eigenvalue weighted by molar-refractivity contribution is 6.34. The molecule has 0 fully saturated rings. The minimum absolute atomic E-state index is 0.265. The number of nitrogens with zero attached hydrogens (tertiary/aromatic N) is 3. The molecule has 3 aromatic rings. The summed E-state index contributed by atoms with van der Waals surface area (Å²) >= 11 is 12.0. The number of benzene rings is 2. The van der Waals surface area contributed by atoms with E-state index < -0.39 is 6.10 Å². The van der Waals surface area contributed by atoms with Crippen LogP contribution in [0.1, 0.15) is 30.0 Å². The summed E-state index contributed by atoms with van der Waals surface area (Å²) in [5, 5.41) is 17.8. The molecule has 3 N–H and O–H groups in total. The van der Waals surface area contributed by atoms with E-state index in [9.17, 15) is 5.11 Å². The molecule has 0 aliphatic carbocycles. The van der Waals surface area contributed by atoms with Crippen molar-refractivity contribution in [3.63, 3.8) is 0 Å². The van der Waals surface area contributed by atoms with Gasteiger partial charge in [-0.1, -0.05) is 53.5 Å². The molecule has 158 valence electrons. The van der Waals surface area contributed by atoms with Crippen molar-refractivity contribution in [3.05, 3.63) is 87.9 Å². The van der Waals surface area contributed by atoms with Crippen molar-refractivity contribution in [2.24, 2.45) is 4.99 Å². The predicted molar refractivity (Wildman–Crippen MR) is 122 cm³/mol. The number of nitrogens with one attached hydrogen (secondary N) is 2. The first-order valence-electron chi connectivity index (χ1n) is 9.75. The van der Waals surface area contributed by atoms with E-state index in [1.54, 1.807) is 24.4 Å². The van der Waals surface area contributed by atoms with Gasteiger partial charge in [0.25, 0.3) is 0 Å². The van der Waals surface area contributed by atoms with Crippen LogP contribution in [0, 0.1) is 0 Å². The largest absolute Gasteiger partial charge is 0.387 e. The molecule has 0 saturated heterocycles. The van der Waals surface area contributed by atoms with Gasteiger partial charge in [-0.25, -0.2) is 9.98 Å². The van der Waals surface area contributed by atoms with Crippen LogP contribution in [0.15, 0.2) is 65.9 Å². The standard InChI is InChI=1S/C22H25Cl2N5O/c1-2-25-22(27-13-20(30)17-10-18(23)12-19(24)11-17)28-14-21-26-8-9-29(21)15-16-6-4-3-5-7-16/h3-12,20,30H,2,13-15H2,1H3,(H2,25,27,28). The fourth-order valence-corrected chi connectivity index (χ4v) is 3.53. The Morgan fingerprint density at radius 2 is 1.87 bits per heavy atom. The summed E-state index contributed by atoms with van der Waals surface area (Å²) in [6, 6.07) is 15.3. The van der Waals surface area contributed by atoms with Crippen molar-refractivity contribution in [1.82, 2.24) is 20.2 Å². The number of halogens is 2. The molecular weight excluding hydrogens is 421 g/mol. The van der Waals surface area contributed by atoms with Crippen molar-refractivity contribution < 1.29 is 5.11 Å². The number of imidazole rings is 1. The molecule has 0 spiro atoms. The fourth-order valence-electron chi connectivity index (χ4n) is 2.99. The van der Waals surface area contributed by atoms with Crippen molar-refractivity contribution in [2.45, 2.75) is 26.1 Å². The summed E-state index contributed by atoms with van der Waals surface area (Å²) in [6.07, 6.45) is 2.95. The SMILES string of the molecule is CCNC(=NCc1nccn1Cc1ccccc1)NCC(O)c1cc(Cl)cc(Cl)c1. The third kappa shape index (κ3) is 6.49. The van der Waals surface area contributed by atoms with Gasteiger partial charge >= 0.3 is 0 Å². The first kappa shape index (κ1) is 22.2. The predicted octanol–water partition coefficient (Wildman–Crippen LogP) is 4.03. The lowest BCUT2D eigenvalue weighted by Gasteiger charge is -2.16. The van der Waals surface area contributed by atoms with E-state index in [1.807, 2.05) is 31.3 Å². The monoisotopic (exact) mass is 445 g/mol. The Kier molecular flexibility index (Phi) is 8.13. The van der Waals surface area contributed by atoms with Crippen molar-refractivity contribution >= 4 is 29.2 Å². The van der Waals surface area contributed by atoms with E-state index in [4.69, 9.17) is 23.2 Å². The Balaban J connectivity index is 1.63. The zero-order valence-electron chi connectivity index (χ0n) is 16.7. The molecule has 0 aliphatic rings. The molecule has 1 unspecified atom stereocenters. The van der Waals surface area contributed by atoms with Gasteiger partial charge < -0.3 is 20.3 Å². The summed E-state index contributed by atoms with van der Waals surface area (Å²) in [7, 11) is 0. The molecular formula is C22H25Cl2N5O. The van der Waals surface area contributed by atoms with Crippen LogP contribution >= 0.6 is 23.2 Å². The number of hydrogen-bond donors (Lipinski definition) is 3. The van der Waals surface area contributed by atoms with Crippen LogP contribution in [0.5, 0.6) is 0 Å². The number of hydrogen-bond acceptors (Lipinski definition) is 3. The number of aliphatic hydroxyl groups is 1. The normalized spacial score (nSPS) is 12.6. The molecule has 1 atom stereocenters. The molecule has 0 saturated carbocycles. The number of aliphatic hydroxyl groups excluding tert-OH is 1. The molecule has 0 amide bonds. The summed E-state index contributed by atoms with van der Waals surface area (Å²) in [5.74, 6) is 1.46. The fraction of sp³-hybridized carbons (Fsp3) is 0.273. The maximum atomic E-state index is 10.5. The molecule has 30 heavy (non-hydrogen) atoms. The molecule has 0 aliphatic heterocycles. The van der Waals surface area contributed by atoms with Crippen LogP contribution in [-0.2, 0) is 13.1 Å². The molecule has 3 rings (SSSR count). The maximum Gasteiger partial charge on any atom is 0.191 e. The second kappa shape index (κ2) is 11.0. The lowest BCUT2D eigenvalue weighted by Crippen LogP contribution is -2.39. The van der Waals surface area contributed by atoms with E-state index in [2.05, 4.69) is 37.3 Å². The topological polar surface area (TPSA) is 74.5 Å². The molecule has 8 heteroatoms. The van der Waals surface area contributed by atoms with Gasteiger partial charge in [-0.15, -0.1) is 0 Å². The van der Waals surface area contributed by atoms with Gasteiger partial charge in [0.05, 0.1) is 6.10 Å².